The molecule has 0 N–H and O–H groups in total. The summed E-state index contributed by atoms with van der Waals surface area (Å²) in [6.45, 7) is 6.73. The van der Waals surface area contributed by atoms with Crippen LogP contribution in [0.15, 0.2) is 0 Å². The molecule has 7 heteroatoms. The number of rotatable bonds is 36. The maximum atomic E-state index is 10.1. The van der Waals surface area contributed by atoms with Gasteiger partial charge in [-0.25, -0.2) is 0 Å². The van der Waals surface area contributed by atoms with Crippen LogP contribution in [-0.2, 0) is 31.5 Å². The molecule has 0 aliphatic carbocycles. The van der Waals surface area contributed by atoms with E-state index >= 15 is 0 Å². The Bertz CT molecular complexity index is 557. The second-order valence-electron chi connectivity index (χ2n) is 14.0. The van der Waals surface area contributed by atoms with Gasteiger partial charge in [0, 0.05) is 17.9 Å². The van der Waals surface area contributed by atoms with Crippen molar-refractivity contribution in [1.82, 2.24) is 0 Å². The Hall–Kier alpha value is -1.07. The van der Waals surface area contributed by atoms with Crippen molar-refractivity contribution in [2.24, 2.45) is 0 Å². The summed E-state index contributed by atoms with van der Waals surface area (Å²) in [4.78, 5) is 30.4. The molecule has 0 unspecified atom stereocenters. The van der Waals surface area contributed by atoms with Gasteiger partial charge in [-0.3, -0.25) is 0 Å². The van der Waals surface area contributed by atoms with E-state index in [0.717, 1.165) is 38.5 Å². The summed E-state index contributed by atoms with van der Waals surface area (Å²) in [5, 5.41) is 30.4. The van der Waals surface area contributed by atoms with E-state index < -0.39 is 17.9 Å². The Morgan fingerprint density at radius 1 is 0.265 bits per heavy atom. The number of hydrogen-bond acceptors (Lipinski definition) is 6. The van der Waals surface area contributed by atoms with Gasteiger partial charge in [-0.05, 0) is 38.5 Å². The van der Waals surface area contributed by atoms with Crippen LogP contribution >= 0.6 is 0 Å². The minimum Gasteiger partial charge on any atom is -0.550 e. The van der Waals surface area contributed by atoms with Crippen LogP contribution < -0.4 is 15.3 Å². The van der Waals surface area contributed by atoms with Gasteiger partial charge in [0.05, 0.1) is 0 Å². The van der Waals surface area contributed by atoms with Gasteiger partial charge in [-0.1, -0.05) is 213 Å². The summed E-state index contributed by atoms with van der Waals surface area (Å²) < 4.78 is 0. The van der Waals surface area contributed by atoms with Crippen molar-refractivity contribution in [3.63, 3.8) is 0 Å². The first-order valence-electron chi connectivity index (χ1n) is 20.9. The summed E-state index contributed by atoms with van der Waals surface area (Å²) in [6.07, 6.45) is 42.1. The number of hydrogen-bond donors (Lipinski definition) is 0. The summed E-state index contributed by atoms with van der Waals surface area (Å²) in [6, 6.07) is 0. The monoisotopic (exact) mass is 738 g/mol. The maximum absolute atomic E-state index is 10.1. The van der Waals surface area contributed by atoms with Gasteiger partial charge in [0.15, 0.2) is 0 Å². The van der Waals surface area contributed by atoms with Gasteiger partial charge in [0.25, 0.3) is 0 Å². The molecule has 6 nitrogen and oxygen atoms in total. The summed E-state index contributed by atoms with van der Waals surface area (Å²) in [7, 11) is 0. The molecule has 0 rings (SSSR count). The number of unbranched alkanes of at least 4 members (excludes halogenated alkanes) is 30. The van der Waals surface area contributed by atoms with Crippen molar-refractivity contribution in [2.75, 3.05) is 0 Å². The molecule has 0 heterocycles. The Morgan fingerprint density at radius 3 is 0.510 bits per heavy atom. The predicted octanol–water partition coefficient (Wildman–Crippen LogP) is 10.3. The number of carbonyl (C=O) groups is 3. The molecule has 49 heavy (non-hydrogen) atoms. The molecule has 0 fully saturated rings. The summed E-state index contributed by atoms with van der Waals surface area (Å²) >= 11 is 0. The van der Waals surface area contributed by atoms with Crippen molar-refractivity contribution in [1.29, 1.82) is 0 Å². The minimum atomic E-state index is -0.907. The Labute approximate surface area is 315 Å². The number of carboxylic acid groups (broad SMARTS) is 3. The van der Waals surface area contributed by atoms with Crippen LogP contribution in [0.4, 0.5) is 0 Å². The fourth-order valence-corrected chi connectivity index (χ4v) is 5.80. The third-order valence-corrected chi connectivity index (χ3v) is 8.95. The fraction of sp³-hybridized carbons (Fsp3) is 0.929. The van der Waals surface area contributed by atoms with E-state index in [1.54, 1.807) is 0 Å². The van der Waals surface area contributed by atoms with Gasteiger partial charge in [0.1, 0.15) is 0 Å². The minimum absolute atomic E-state index is 0. The third-order valence-electron chi connectivity index (χ3n) is 8.95. The molecule has 0 aromatic rings. The van der Waals surface area contributed by atoms with Crippen LogP contribution in [0.5, 0.6) is 0 Å². The van der Waals surface area contributed by atoms with Gasteiger partial charge < -0.3 is 29.7 Å². The van der Waals surface area contributed by atoms with E-state index in [4.69, 9.17) is 0 Å². The van der Waals surface area contributed by atoms with E-state index in [-0.39, 0.29) is 36.3 Å². The molecule has 0 amide bonds. The second-order valence-corrected chi connectivity index (χ2v) is 14.0. The van der Waals surface area contributed by atoms with Crippen LogP contribution in [0.25, 0.3) is 0 Å². The zero-order valence-corrected chi connectivity index (χ0v) is 33.9. The topological polar surface area (TPSA) is 120 Å². The number of carboxylic acids is 3. The molecule has 0 saturated carbocycles. The van der Waals surface area contributed by atoms with Crippen molar-refractivity contribution in [3.8, 4) is 0 Å². The zero-order valence-electron chi connectivity index (χ0n) is 32.8. The average Bonchev–Trinajstić information content (AvgIpc) is 3.05. The Morgan fingerprint density at radius 2 is 0.388 bits per heavy atom. The maximum Gasteiger partial charge on any atom is 3.00 e. The van der Waals surface area contributed by atoms with Crippen molar-refractivity contribution < 1.29 is 46.8 Å². The van der Waals surface area contributed by atoms with Gasteiger partial charge in [0.2, 0.25) is 0 Å². The second kappa shape index (κ2) is 51.3. The molecule has 0 spiro atoms. The first-order valence-corrected chi connectivity index (χ1v) is 20.9. The van der Waals surface area contributed by atoms with E-state index in [2.05, 4.69) is 20.8 Å². The van der Waals surface area contributed by atoms with Crippen molar-refractivity contribution >= 4 is 17.9 Å². The van der Waals surface area contributed by atoms with Crippen LogP contribution in [0, 0.1) is 0 Å². The molecule has 293 valence electrons. The summed E-state index contributed by atoms with van der Waals surface area (Å²) in [5.41, 5.74) is 0. The molecule has 0 aliphatic heterocycles. The van der Waals surface area contributed by atoms with Gasteiger partial charge >= 0.3 is 17.1 Å². The molecule has 0 bridgehead atoms. The standard InChI is InChI=1S/3C14H28O2.Fe/c3*1-2-3-4-5-6-7-8-9-10-11-12-13-14(15)16;/h3*2-13H2,1H3,(H,15,16);/q;;;+3/p-3. The number of aliphatic carboxylic acids is 3. The van der Waals surface area contributed by atoms with Crippen LogP contribution in [0.1, 0.15) is 252 Å². The fourth-order valence-electron chi connectivity index (χ4n) is 5.80. The van der Waals surface area contributed by atoms with Crippen LogP contribution in [-0.4, -0.2) is 17.9 Å². The van der Waals surface area contributed by atoms with Crippen LogP contribution in [0.3, 0.4) is 0 Å². The Balaban J connectivity index is -0.000000307. The SMILES string of the molecule is CCCCCCCCCCCCCC(=O)[O-].CCCCCCCCCCCCCC(=O)[O-].CCCCCCCCCCCCCC(=O)[O-].[Fe+3]. The number of carbonyl (C=O) groups excluding carboxylic acids is 3. The smallest absolute Gasteiger partial charge is 0.550 e. The van der Waals surface area contributed by atoms with Gasteiger partial charge in [-0.15, -0.1) is 0 Å². The normalized spacial score (nSPS) is 10.3. The van der Waals surface area contributed by atoms with Crippen molar-refractivity contribution in [2.45, 2.75) is 252 Å². The first kappa shape index (κ1) is 54.7. The molecule has 1 radical (unpaired) electrons. The van der Waals surface area contributed by atoms with E-state index in [1.165, 1.54) is 173 Å². The molecule has 0 aliphatic rings. The predicted molar refractivity (Wildman–Crippen MR) is 198 cm³/mol. The third kappa shape index (κ3) is 65.8. The van der Waals surface area contributed by atoms with E-state index in [1.807, 2.05) is 0 Å². The first-order chi connectivity index (χ1) is 23.3. The van der Waals surface area contributed by atoms with Crippen LogP contribution in [0.2, 0.25) is 0 Å². The molecular formula is C42H81FeO6. The van der Waals surface area contributed by atoms with Crippen molar-refractivity contribution in [3.05, 3.63) is 0 Å². The van der Waals surface area contributed by atoms with E-state index in [9.17, 15) is 29.7 Å². The average molecular weight is 738 g/mol. The molecule has 0 saturated heterocycles. The van der Waals surface area contributed by atoms with Gasteiger partial charge in [-0.2, -0.15) is 0 Å². The largest absolute Gasteiger partial charge is 3.00 e. The molecule has 0 aromatic carbocycles. The van der Waals surface area contributed by atoms with E-state index in [0.29, 0.717) is 0 Å². The zero-order chi connectivity index (χ0) is 36.2. The molecular weight excluding hydrogens is 656 g/mol. The Kier molecular flexibility index (Phi) is 57.3. The summed E-state index contributed by atoms with van der Waals surface area (Å²) in [5.74, 6) is -2.72. The quantitative estimate of drug-likeness (QED) is 0.0466. The molecule has 0 aromatic heterocycles. The molecule has 0 atom stereocenters.